The number of piperidine rings is 2. The van der Waals surface area contributed by atoms with Gasteiger partial charge in [-0.25, -0.2) is 4.39 Å². The molecular weight excluding hydrogens is 459 g/mol. The number of aromatic nitrogens is 1. The van der Waals surface area contributed by atoms with Crippen LogP contribution in [0.3, 0.4) is 0 Å². The lowest BCUT2D eigenvalue weighted by Gasteiger charge is -2.45. The van der Waals surface area contributed by atoms with Crippen LogP contribution < -0.4 is 10.6 Å². The molecule has 0 aliphatic carbocycles. The van der Waals surface area contributed by atoms with Crippen LogP contribution in [-0.2, 0) is 4.74 Å². The largest absolute Gasteiger partial charge is 0.381 e. The van der Waals surface area contributed by atoms with Gasteiger partial charge in [-0.1, -0.05) is 15.9 Å². The first kappa shape index (κ1) is 20.6. The van der Waals surface area contributed by atoms with Crippen molar-refractivity contribution in [1.82, 2.24) is 20.5 Å². The smallest absolute Gasteiger partial charge is 0.146 e. The highest BCUT2D eigenvalue weighted by atomic mass is 79.9. The predicted octanol–water partition coefficient (Wildman–Crippen LogP) is 3.04. The Balaban J connectivity index is 1.57. The maximum absolute atomic E-state index is 15.1. The van der Waals surface area contributed by atoms with Gasteiger partial charge < -0.3 is 15.4 Å². The van der Waals surface area contributed by atoms with Crippen LogP contribution in [-0.4, -0.2) is 64.6 Å². The van der Waals surface area contributed by atoms with Gasteiger partial charge in [0.2, 0.25) is 0 Å². The highest BCUT2D eigenvalue weighted by molar-refractivity contribution is 9.09. The van der Waals surface area contributed by atoms with E-state index in [-0.39, 0.29) is 17.4 Å². The van der Waals surface area contributed by atoms with E-state index in [1.807, 2.05) is 0 Å². The summed E-state index contributed by atoms with van der Waals surface area (Å²) in [6.45, 7) is 3.36. The predicted molar refractivity (Wildman–Crippen MR) is 115 cm³/mol. The molecule has 8 heteroatoms. The molecule has 160 valence electrons. The van der Waals surface area contributed by atoms with Crippen LogP contribution in [0.2, 0.25) is 0 Å². The third kappa shape index (κ3) is 3.87. The number of ether oxygens (including phenoxy) is 1. The van der Waals surface area contributed by atoms with Crippen LogP contribution in [0, 0.1) is 17.7 Å². The van der Waals surface area contributed by atoms with Crippen LogP contribution in [0.15, 0.2) is 18.3 Å². The second-order valence-corrected chi connectivity index (χ2v) is 10.7. The fraction of sp³-hybridized carbons (Fsp3) is 0.762. The Kier molecular flexibility index (Phi) is 6.16. The third-order valence-corrected chi connectivity index (χ3v) is 8.36. The number of alkyl halides is 2. The SMILES string of the molecule is Fc1cccnc1[C@H](C1CCOCC1)N1C2CC(Cl)NCC2C2NCC(Br)CC21. The van der Waals surface area contributed by atoms with Crippen LogP contribution in [0.1, 0.15) is 37.4 Å². The second kappa shape index (κ2) is 8.67. The number of rotatable bonds is 3. The van der Waals surface area contributed by atoms with Crippen molar-refractivity contribution in [2.45, 2.75) is 60.2 Å². The van der Waals surface area contributed by atoms with Gasteiger partial charge in [0.25, 0.3) is 0 Å². The maximum atomic E-state index is 15.1. The average molecular weight is 488 g/mol. The Bertz CT molecular complexity index is 698. The molecule has 0 aromatic carbocycles. The number of halogens is 3. The van der Waals surface area contributed by atoms with Crippen molar-refractivity contribution >= 4 is 27.5 Å². The van der Waals surface area contributed by atoms with E-state index in [9.17, 15) is 0 Å². The molecule has 6 unspecified atom stereocenters. The number of nitrogens with one attached hydrogen (secondary N) is 2. The quantitative estimate of drug-likeness (QED) is 0.507. The van der Waals surface area contributed by atoms with Crippen molar-refractivity contribution in [2.24, 2.45) is 11.8 Å². The van der Waals surface area contributed by atoms with Crippen molar-refractivity contribution in [3.63, 3.8) is 0 Å². The molecule has 4 fully saturated rings. The number of nitrogens with zero attached hydrogens (tertiary/aromatic N) is 2. The Hall–Kier alpha value is -0.310. The van der Waals surface area contributed by atoms with E-state index >= 15 is 4.39 Å². The van der Waals surface area contributed by atoms with Crippen molar-refractivity contribution in [2.75, 3.05) is 26.3 Å². The van der Waals surface area contributed by atoms with E-state index in [1.165, 1.54) is 0 Å². The maximum Gasteiger partial charge on any atom is 0.146 e. The van der Waals surface area contributed by atoms with E-state index in [1.54, 1.807) is 18.3 Å². The van der Waals surface area contributed by atoms with Crippen molar-refractivity contribution < 1.29 is 9.13 Å². The Morgan fingerprint density at radius 1 is 1.21 bits per heavy atom. The van der Waals surface area contributed by atoms with Crippen molar-refractivity contribution in [3.05, 3.63) is 29.8 Å². The molecule has 0 spiro atoms. The number of likely N-dealkylation sites (tertiary alicyclic amines) is 1. The molecule has 29 heavy (non-hydrogen) atoms. The molecule has 5 heterocycles. The molecule has 7 atom stereocenters. The van der Waals surface area contributed by atoms with Gasteiger partial charge in [-0.15, -0.1) is 11.6 Å². The lowest BCUT2D eigenvalue weighted by Crippen LogP contribution is -2.54. The Morgan fingerprint density at radius 3 is 2.83 bits per heavy atom. The first-order valence-electron chi connectivity index (χ1n) is 10.8. The summed E-state index contributed by atoms with van der Waals surface area (Å²) >= 11 is 10.4. The number of pyridine rings is 1. The van der Waals surface area contributed by atoms with Crippen LogP contribution in [0.4, 0.5) is 4.39 Å². The summed E-state index contributed by atoms with van der Waals surface area (Å²) in [6.07, 6.45) is 5.56. The minimum Gasteiger partial charge on any atom is -0.381 e. The molecule has 0 radical (unpaired) electrons. The number of fused-ring (bicyclic) bond motifs is 3. The zero-order chi connectivity index (χ0) is 20.0. The molecule has 0 bridgehead atoms. The molecule has 0 amide bonds. The summed E-state index contributed by atoms with van der Waals surface area (Å²) in [5.41, 5.74) is 0.558. The molecule has 4 aliphatic heterocycles. The second-order valence-electron chi connectivity index (χ2n) is 8.89. The number of hydrogen-bond acceptors (Lipinski definition) is 5. The van der Waals surface area contributed by atoms with Gasteiger partial charge in [0.1, 0.15) is 5.82 Å². The molecule has 1 aromatic heterocycles. The topological polar surface area (TPSA) is 49.4 Å². The molecule has 4 saturated heterocycles. The van der Waals surface area contributed by atoms with E-state index in [0.29, 0.717) is 40.5 Å². The summed E-state index contributed by atoms with van der Waals surface area (Å²) in [5, 5.41) is 7.25. The van der Waals surface area contributed by atoms with Gasteiger partial charge in [0.05, 0.1) is 17.2 Å². The minimum atomic E-state index is -0.195. The van der Waals surface area contributed by atoms with Gasteiger partial charge in [-0.05, 0) is 43.7 Å². The zero-order valence-electron chi connectivity index (χ0n) is 16.4. The summed E-state index contributed by atoms with van der Waals surface area (Å²) < 4.78 is 20.7. The summed E-state index contributed by atoms with van der Waals surface area (Å²) in [5.74, 6) is 0.621. The number of hydrogen-bond donors (Lipinski definition) is 2. The molecule has 1 aromatic rings. The van der Waals surface area contributed by atoms with Gasteiger partial charge in [-0.2, -0.15) is 0 Å². The van der Waals surface area contributed by atoms with Gasteiger partial charge in [0.15, 0.2) is 0 Å². The zero-order valence-corrected chi connectivity index (χ0v) is 18.8. The van der Waals surface area contributed by atoms with Crippen molar-refractivity contribution in [1.29, 1.82) is 0 Å². The lowest BCUT2D eigenvalue weighted by atomic mass is 9.85. The van der Waals surface area contributed by atoms with E-state index in [0.717, 1.165) is 52.0 Å². The monoisotopic (exact) mass is 486 g/mol. The molecule has 0 saturated carbocycles. The highest BCUT2D eigenvalue weighted by Crippen LogP contribution is 2.48. The fourth-order valence-corrected chi connectivity index (χ4v) is 6.97. The highest BCUT2D eigenvalue weighted by Gasteiger charge is 2.55. The minimum absolute atomic E-state index is 0.0378. The lowest BCUT2D eigenvalue weighted by molar-refractivity contribution is -0.00454. The van der Waals surface area contributed by atoms with E-state index in [4.69, 9.17) is 16.3 Å². The fourth-order valence-electron chi connectivity index (χ4n) is 6.13. The molecule has 2 N–H and O–H groups in total. The molecule has 5 nitrogen and oxygen atoms in total. The molecular formula is C21H29BrClFN4O. The standard InChI is InChI=1S/C21H29BrClFN4O/c22-13-8-17-19(27-10-13)14-11-26-18(23)9-16(14)28(17)21(12-3-6-29-7-4-12)20-15(24)2-1-5-25-20/h1-2,5,12-14,16-19,21,26-27H,3-4,6-11H2/t13?,14?,16?,17?,18?,19?,21-/m0/s1. The van der Waals surface area contributed by atoms with Crippen LogP contribution in [0.5, 0.6) is 0 Å². The van der Waals surface area contributed by atoms with E-state index < -0.39 is 0 Å². The first-order chi connectivity index (χ1) is 14.1. The molecule has 4 aliphatic rings. The van der Waals surface area contributed by atoms with Gasteiger partial charge >= 0.3 is 0 Å². The third-order valence-electron chi connectivity index (χ3n) is 7.33. The summed E-state index contributed by atoms with van der Waals surface area (Å²) in [6, 6.07) is 4.28. The van der Waals surface area contributed by atoms with Gasteiger partial charge in [-0.3, -0.25) is 9.88 Å². The normalized spacial score (nSPS) is 39.7. The van der Waals surface area contributed by atoms with E-state index in [2.05, 4.69) is 36.4 Å². The first-order valence-corrected chi connectivity index (χ1v) is 12.2. The van der Waals surface area contributed by atoms with Crippen molar-refractivity contribution in [3.8, 4) is 0 Å². The summed E-state index contributed by atoms with van der Waals surface area (Å²) in [4.78, 5) is 7.62. The Labute approximate surface area is 185 Å². The Morgan fingerprint density at radius 2 is 2.03 bits per heavy atom. The van der Waals surface area contributed by atoms with Crippen LogP contribution in [0.25, 0.3) is 0 Å². The summed E-state index contributed by atoms with van der Waals surface area (Å²) in [7, 11) is 0. The average Bonchev–Trinajstić information content (AvgIpc) is 3.03. The molecule has 5 rings (SSSR count). The van der Waals surface area contributed by atoms with Gasteiger partial charge in [0, 0.05) is 61.4 Å². The van der Waals surface area contributed by atoms with Crippen LogP contribution >= 0.6 is 27.5 Å².